The summed E-state index contributed by atoms with van der Waals surface area (Å²) in [6, 6.07) is 1.11. The lowest BCUT2D eigenvalue weighted by molar-refractivity contribution is -0.142. The fourth-order valence-corrected chi connectivity index (χ4v) is 1.99. The lowest BCUT2D eigenvalue weighted by Gasteiger charge is -2.17. The maximum absolute atomic E-state index is 11.8. The van der Waals surface area contributed by atoms with E-state index in [-0.39, 0.29) is 6.61 Å². The van der Waals surface area contributed by atoms with Crippen molar-refractivity contribution in [1.29, 1.82) is 0 Å². The predicted octanol–water partition coefficient (Wildman–Crippen LogP) is 0.182. The van der Waals surface area contributed by atoms with Crippen molar-refractivity contribution in [3.8, 4) is 0 Å². The Kier molecular flexibility index (Phi) is 8.99. The van der Waals surface area contributed by atoms with Crippen molar-refractivity contribution >= 4 is 24.5 Å². The Morgan fingerprint density at radius 1 is 1.42 bits per heavy atom. The summed E-state index contributed by atoms with van der Waals surface area (Å²) < 4.78 is 10.6. The first-order chi connectivity index (χ1) is 8.80. The summed E-state index contributed by atoms with van der Waals surface area (Å²) in [4.78, 5) is 11.8. The molecule has 0 aromatic heterocycles. The quantitative estimate of drug-likeness (QED) is 0.275. The molecule has 0 aliphatic rings. The molecule has 1 atom stereocenters. The van der Waals surface area contributed by atoms with Gasteiger partial charge in [0.25, 0.3) is 0 Å². The molecule has 112 valence electrons. The lowest BCUT2D eigenvalue weighted by atomic mass is 10.2. The number of esters is 1. The van der Waals surface area contributed by atoms with E-state index in [0.717, 1.165) is 22.7 Å². The van der Waals surface area contributed by atoms with E-state index in [1.807, 2.05) is 19.6 Å². The predicted molar refractivity (Wildman–Crippen MR) is 80.5 cm³/mol. The van der Waals surface area contributed by atoms with Gasteiger partial charge in [-0.1, -0.05) is 12.5 Å². The van der Waals surface area contributed by atoms with E-state index in [2.05, 4.69) is 0 Å². The number of carbonyl (C=O) groups is 1. The van der Waals surface area contributed by atoms with Crippen molar-refractivity contribution in [2.24, 2.45) is 0 Å². The highest BCUT2D eigenvalue weighted by atomic mass is 28.4. The maximum Gasteiger partial charge on any atom is 0.337 e. The van der Waals surface area contributed by atoms with Gasteiger partial charge in [0.15, 0.2) is 0 Å². The van der Waals surface area contributed by atoms with Crippen molar-refractivity contribution in [3.05, 3.63) is 11.8 Å². The summed E-state index contributed by atoms with van der Waals surface area (Å²) in [7, 11) is -0.621. The van der Waals surface area contributed by atoms with Crippen LogP contribution in [0.15, 0.2) is 11.8 Å². The molecular formula is C12H26O5Si2. The number of hydrogen-bond donors (Lipinski definition) is 2. The van der Waals surface area contributed by atoms with Crippen LogP contribution in [-0.4, -0.2) is 54.1 Å². The minimum Gasteiger partial charge on any atom is -0.549 e. The molecule has 0 heterocycles. The van der Waals surface area contributed by atoms with Gasteiger partial charge in [0.05, 0.1) is 18.4 Å². The molecule has 7 heteroatoms. The molecule has 5 nitrogen and oxygen atoms in total. The zero-order valence-electron chi connectivity index (χ0n) is 12.3. The van der Waals surface area contributed by atoms with Crippen molar-refractivity contribution in [1.82, 2.24) is 0 Å². The minimum absolute atomic E-state index is 0.194. The number of carbonyl (C=O) groups excluding carboxylic acids is 1. The third-order valence-electron chi connectivity index (χ3n) is 2.23. The number of ether oxygens (including phenoxy) is 1. The van der Waals surface area contributed by atoms with Gasteiger partial charge in [-0.05, 0) is 26.1 Å². The van der Waals surface area contributed by atoms with Crippen LogP contribution in [-0.2, 0) is 14.0 Å². The molecule has 0 aromatic rings. The number of rotatable bonds is 9. The van der Waals surface area contributed by atoms with Gasteiger partial charge in [0.1, 0.15) is 12.7 Å². The fraction of sp³-hybridized carbons (Fsp3) is 0.750. The average Bonchev–Trinajstić information content (AvgIpc) is 2.34. The van der Waals surface area contributed by atoms with Gasteiger partial charge in [-0.15, -0.1) is 0 Å². The summed E-state index contributed by atoms with van der Waals surface area (Å²) in [5.74, 6) is -0.471. The molecule has 1 unspecified atom stereocenters. The lowest BCUT2D eigenvalue weighted by Crippen LogP contribution is -2.25. The number of aliphatic hydroxyl groups is 2. The first kappa shape index (κ1) is 18.4. The monoisotopic (exact) mass is 306 g/mol. The van der Waals surface area contributed by atoms with Crippen LogP contribution in [0.25, 0.3) is 0 Å². The average molecular weight is 307 g/mol. The van der Waals surface area contributed by atoms with Crippen molar-refractivity contribution in [3.63, 3.8) is 0 Å². The summed E-state index contributed by atoms with van der Waals surface area (Å²) >= 11 is 0. The van der Waals surface area contributed by atoms with Crippen LogP contribution >= 0.6 is 0 Å². The van der Waals surface area contributed by atoms with Crippen LogP contribution in [0.5, 0.6) is 0 Å². The highest BCUT2D eigenvalue weighted by molar-refractivity contribution is 6.69. The van der Waals surface area contributed by atoms with Crippen molar-refractivity contribution < 1.29 is 24.2 Å². The largest absolute Gasteiger partial charge is 0.549 e. The highest BCUT2D eigenvalue weighted by Crippen LogP contribution is 2.13. The summed E-state index contributed by atoms with van der Waals surface area (Å²) in [6.45, 7) is 5.50. The van der Waals surface area contributed by atoms with E-state index in [1.54, 1.807) is 0 Å². The van der Waals surface area contributed by atoms with Gasteiger partial charge >= 0.3 is 5.97 Å². The van der Waals surface area contributed by atoms with Crippen LogP contribution in [0.1, 0.15) is 12.8 Å². The van der Waals surface area contributed by atoms with Gasteiger partial charge in [0.2, 0.25) is 8.32 Å². The third kappa shape index (κ3) is 9.88. The Labute approximate surface area is 119 Å². The van der Waals surface area contributed by atoms with E-state index in [9.17, 15) is 4.79 Å². The molecule has 0 bridgehead atoms. The second kappa shape index (κ2) is 9.30. The molecule has 0 saturated carbocycles. The summed E-state index contributed by atoms with van der Waals surface area (Å²) in [5, 5.41) is 17.8. The number of hydrogen-bond acceptors (Lipinski definition) is 5. The number of aliphatic hydroxyl groups excluding tert-OH is 2. The second-order valence-electron chi connectivity index (χ2n) is 5.41. The third-order valence-corrected chi connectivity index (χ3v) is 3.77. The standard InChI is InChI=1S/C12H26O5Si2/c1-19(2,3)17-8-10(5-4-6-18)12(15)16-9-11(14)7-13/h8,11,13-14H,4-7,9H2,1-3,18H3. The van der Waals surface area contributed by atoms with Gasteiger partial charge in [-0.2, -0.15) is 0 Å². The Morgan fingerprint density at radius 3 is 2.53 bits per heavy atom. The first-order valence-corrected chi connectivity index (χ1v) is 11.4. The zero-order chi connectivity index (χ0) is 14.9. The van der Waals surface area contributed by atoms with Crippen LogP contribution < -0.4 is 0 Å². The zero-order valence-corrected chi connectivity index (χ0v) is 15.3. The summed E-state index contributed by atoms with van der Waals surface area (Å²) in [5.41, 5.74) is 0.503. The normalized spacial score (nSPS) is 14.3. The van der Waals surface area contributed by atoms with Crippen molar-refractivity contribution in [2.45, 2.75) is 44.6 Å². The summed E-state index contributed by atoms with van der Waals surface area (Å²) in [6.07, 6.45) is 2.05. The van der Waals surface area contributed by atoms with Crippen LogP contribution in [0.3, 0.4) is 0 Å². The maximum atomic E-state index is 11.8. The van der Waals surface area contributed by atoms with Gasteiger partial charge in [-0.25, -0.2) is 4.79 Å². The van der Waals surface area contributed by atoms with Gasteiger partial charge in [-0.3, -0.25) is 0 Å². The SMILES string of the molecule is C[Si](C)(C)OC=C(CCC[SiH3])C(=O)OCC(O)CO. The molecule has 2 N–H and O–H groups in total. The smallest absolute Gasteiger partial charge is 0.337 e. The molecule has 0 saturated heterocycles. The molecular weight excluding hydrogens is 280 g/mol. The van der Waals surface area contributed by atoms with E-state index in [1.165, 1.54) is 6.26 Å². The minimum atomic E-state index is -1.72. The molecule has 19 heavy (non-hydrogen) atoms. The van der Waals surface area contributed by atoms with Crippen LogP contribution in [0, 0.1) is 0 Å². The van der Waals surface area contributed by atoms with E-state index in [4.69, 9.17) is 19.4 Å². The van der Waals surface area contributed by atoms with Gasteiger partial charge < -0.3 is 19.4 Å². The molecule has 0 fully saturated rings. The van der Waals surface area contributed by atoms with E-state index >= 15 is 0 Å². The van der Waals surface area contributed by atoms with Crippen LogP contribution in [0.2, 0.25) is 25.7 Å². The van der Waals surface area contributed by atoms with E-state index in [0.29, 0.717) is 12.0 Å². The molecule has 0 rings (SSSR count). The van der Waals surface area contributed by atoms with Crippen LogP contribution in [0.4, 0.5) is 0 Å². The fourth-order valence-electron chi connectivity index (χ4n) is 1.14. The highest BCUT2D eigenvalue weighted by Gasteiger charge is 2.17. The van der Waals surface area contributed by atoms with Crippen molar-refractivity contribution in [2.75, 3.05) is 13.2 Å². The molecule has 0 aromatic carbocycles. The Balaban J connectivity index is 4.51. The molecule has 0 amide bonds. The second-order valence-corrected chi connectivity index (χ2v) is 10.9. The van der Waals surface area contributed by atoms with E-state index < -0.39 is 27.0 Å². The van der Waals surface area contributed by atoms with Gasteiger partial charge in [0, 0.05) is 10.2 Å². The Hall–Kier alpha value is -0.636. The first-order valence-electron chi connectivity index (χ1n) is 6.63. The molecule has 0 aliphatic heterocycles. The Bertz CT molecular complexity index is 299. The molecule has 0 radical (unpaired) electrons. The topological polar surface area (TPSA) is 76.0 Å². The Morgan fingerprint density at radius 2 is 2.05 bits per heavy atom. The molecule has 0 spiro atoms. The molecule has 0 aliphatic carbocycles.